The molecule has 0 bridgehead atoms. The van der Waals surface area contributed by atoms with E-state index >= 15 is 0 Å². The van der Waals surface area contributed by atoms with Gasteiger partial charge in [0.25, 0.3) is 0 Å². The average Bonchev–Trinajstić information content (AvgIpc) is 2.30. The molecular weight excluding hydrogens is 192 g/mol. The first kappa shape index (κ1) is 11.2. The van der Waals surface area contributed by atoms with E-state index in [-0.39, 0.29) is 0 Å². The molecule has 0 N–H and O–H groups in total. The summed E-state index contributed by atoms with van der Waals surface area (Å²) >= 11 is 0. The molecule has 0 fully saturated rings. The second kappa shape index (κ2) is 4.69. The summed E-state index contributed by atoms with van der Waals surface area (Å²) < 4.78 is 0. The number of benzene rings is 2. The zero-order valence-electron chi connectivity index (χ0n) is 10.5. The van der Waals surface area contributed by atoms with Gasteiger partial charge in [-0.1, -0.05) is 50.6 Å². The summed E-state index contributed by atoms with van der Waals surface area (Å²) in [6.45, 7) is 6.74. The van der Waals surface area contributed by atoms with Gasteiger partial charge in [-0.25, -0.2) is 0 Å². The van der Waals surface area contributed by atoms with Gasteiger partial charge in [0.2, 0.25) is 0 Å². The fourth-order valence-corrected chi connectivity index (χ4v) is 2.60. The van der Waals surface area contributed by atoms with E-state index in [1.807, 2.05) is 0 Å². The van der Waals surface area contributed by atoms with Crippen molar-refractivity contribution in [3.05, 3.63) is 47.0 Å². The van der Waals surface area contributed by atoms with Gasteiger partial charge in [-0.15, -0.1) is 0 Å². The third-order valence-electron chi connectivity index (χ3n) is 3.33. The highest BCUT2D eigenvalue weighted by Crippen LogP contribution is 2.27. The molecule has 84 valence electrons. The maximum absolute atomic E-state index is 2.38. The second-order valence-electron chi connectivity index (χ2n) is 4.48. The van der Waals surface area contributed by atoms with E-state index < -0.39 is 0 Å². The van der Waals surface area contributed by atoms with E-state index in [0.29, 0.717) is 0 Å². The van der Waals surface area contributed by atoms with Crippen LogP contribution in [0.15, 0.2) is 30.3 Å². The van der Waals surface area contributed by atoms with Gasteiger partial charge < -0.3 is 0 Å². The SMILES string of the molecule is CCCc1cc(C)c2ccccc2c1CC. The highest BCUT2D eigenvalue weighted by molar-refractivity contribution is 5.89. The Balaban J connectivity index is 2.74. The van der Waals surface area contributed by atoms with Crippen molar-refractivity contribution in [3.63, 3.8) is 0 Å². The number of aryl methyl sites for hydroxylation is 3. The summed E-state index contributed by atoms with van der Waals surface area (Å²) in [5.74, 6) is 0. The molecule has 2 aromatic carbocycles. The van der Waals surface area contributed by atoms with Gasteiger partial charge in [-0.2, -0.15) is 0 Å². The van der Waals surface area contributed by atoms with Gasteiger partial charge in [-0.3, -0.25) is 0 Å². The van der Waals surface area contributed by atoms with E-state index in [0.717, 1.165) is 6.42 Å². The van der Waals surface area contributed by atoms with Crippen LogP contribution in [0.1, 0.15) is 37.0 Å². The van der Waals surface area contributed by atoms with Crippen LogP contribution in [0.2, 0.25) is 0 Å². The molecule has 0 heteroatoms. The van der Waals surface area contributed by atoms with Crippen LogP contribution < -0.4 is 0 Å². The van der Waals surface area contributed by atoms with Crippen LogP contribution in [0.4, 0.5) is 0 Å². The number of fused-ring (bicyclic) bond motifs is 1. The largest absolute Gasteiger partial charge is 0.0651 e. The summed E-state index contributed by atoms with van der Waals surface area (Å²) in [7, 11) is 0. The zero-order valence-corrected chi connectivity index (χ0v) is 10.5. The first-order valence-corrected chi connectivity index (χ1v) is 6.28. The third-order valence-corrected chi connectivity index (χ3v) is 3.33. The smallest absolute Gasteiger partial charge is 0.0147 e. The van der Waals surface area contributed by atoms with Gasteiger partial charge in [0.15, 0.2) is 0 Å². The lowest BCUT2D eigenvalue weighted by molar-refractivity contribution is 0.902. The molecule has 0 aliphatic rings. The van der Waals surface area contributed by atoms with Crippen LogP contribution >= 0.6 is 0 Å². The minimum absolute atomic E-state index is 1.14. The Kier molecular flexibility index (Phi) is 3.28. The molecule has 0 heterocycles. The Labute approximate surface area is 98.3 Å². The maximum atomic E-state index is 2.38. The molecule has 0 atom stereocenters. The Morgan fingerprint density at radius 2 is 1.69 bits per heavy atom. The summed E-state index contributed by atoms with van der Waals surface area (Å²) in [5, 5.41) is 2.87. The lowest BCUT2D eigenvalue weighted by atomic mass is 9.92. The number of hydrogen-bond donors (Lipinski definition) is 0. The number of rotatable bonds is 3. The lowest BCUT2D eigenvalue weighted by Gasteiger charge is -2.13. The van der Waals surface area contributed by atoms with Gasteiger partial charge in [0.1, 0.15) is 0 Å². The third kappa shape index (κ3) is 1.84. The summed E-state index contributed by atoms with van der Waals surface area (Å²) in [5.41, 5.74) is 4.50. The standard InChI is InChI=1S/C16H20/c1-4-8-13-11-12(3)15-9-6-7-10-16(15)14(13)5-2/h6-7,9-11H,4-5,8H2,1-3H3. The van der Waals surface area contributed by atoms with Crippen LogP contribution in [0.5, 0.6) is 0 Å². The Bertz CT molecular complexity index is 495. The molecule has 2 aromatic rings. The molecule has 0 saturated heterocycles. The minimum Gasteiger partial charge on any atom is -0.0651 e. The zero-order chi connectivity index (χ0) is 11.5. The van der Waals surface area contributed by atoms with Crippen LogP contribution in [0, 0.1) is 6.92 Å². The molecule has 0 aliphatic heterocycles. The monoisotopic (exact) mass is 212 g/mol. The van der Waals surface area contributed by atoms with Crippen molar-refractivity contribution in [1.82, 2.24) is 0 Å². The first-order chi connectivity index (χ1) is 7.77. The van der Waals surface area contributed by atoms with Gasteiger partial charge in [0.05, 0.1) is 0 Å². The van der Waals surface area contributed by atoms with Crippen molar-refractivity contribution >= 4 is 10.8 Å². The van der Waals surface area contributed by atoms with Crippen molar-refractivity contribution in [2.75, 3.05) is 0 Å². The molecule has 2 rings (SSSR count). The Hall–Kier alpha value is -1.30. The molecule has 0 nitrogen and oxygen atoms in total. The average molecular weight is 212 g/mol. The van der Waals surface area contributed by atoms with Crippen molar-refractivity contribution in [2.45, 2.75) is 40.0 Å². The molecule has 0 spiro atoms. The predicted molar refractivity (Wildman–Crippen MR) is 72.1 cm³/mol. The Morgan fingerprint density at radius 1 is 1.00 bits per heavy atom. The maximum Gasteiger partial charge on any atom is -0.0147 e. The van der Waals surface area contributed by atoms with Crippen LogP contribution in [0.3, 0.4) is 0 Å². The lowest BCUT2D eigenvalue weighted by Crippen LogP contribution is -1.96. The summed E-state index contributed by atoms with van der Waals surface area (Å²) in [6.07, 6.45) is 3.57. The molecule has 0 aliphatic carbocycles. The number of hydrogen-bond acceptors (Lipinski definition) is 0. The van der Waals surface area contributed by atoms with Crippen molar-refractivity contribution in [1.29, 1.82) is 0 Å². The minimum atomic E-state index is 1.14. The van der Waals surface area contributed by atoms with E-state index in [9.17, 15) is 0 Å². The highest BCUT2D eigenvalue weighted by Gasteiger charge is 2.07. The topological polar surface area (TPSA) is 0 Å². The van der Waals surface area contributed by atoms with Crippen molar-refractivity contribution in [3.8, 4) is 0 Å². The van der Waals surface area contributed by atoms with Crippen LogP contribution in [-0.2, 0) is 12.8 Å². The molecular formula is C16H20. The van der Waals surface area contributed by atoms with E-state index in [1.165, 1.54) is 29.2 Å². The predicted octanol–water partition coefficient (Wildman–Crippen LogP) is 4.66. The summed E-state index contributed by atoms with van der Waals surface area (Å²) in [6, 6.07) is 11.2. The van der Waals surface area contributed by atoms with E-state index in [2.05, 4.69) is 51.1 Å². The molecule has 0 amide bonds. The highest BCUT2D eigenvalue weighted by atomic mass is 14.1. The molecule has 0 aromatic heterocycles. The fourth-order valence-electron chi connectivity index (χ4n) is 2.60. The Morgan fingerprint density at radius 3 is 2.31 bits per heavy atom. The molecule has 0 radical (unpaired) electrons. The van der Waals surface area contributed by atoms with Gasteiger partial charge >= 0.3 is 0 Å². The van der Waals surface area contributed by atoms with E-state index in [1.54, 1.807) is 11.1 Å². The normalized spacial score (nSPS) is 10.9. The first-order valence-electron chi connectivity index (χ1n) is 6.28. The molecule has 0 saturated carbocycles. The van der Waals surface area contributed by atoms with Gasteiger partial charge in [0, 0.05) is 0 Å². The van der Waals surface area contributed by atoms with Crippen molar-refractivity contribution in [2.24, 2.45) is 0 Å². The fraction of sp³-hybridized carbons (Fsp3) is 0.375. The quantitative estimate of drug-likeness (QED) is 0.694. The van der Waals surface area contributed by atoms with E-state index in [4.69, 9.17) is 0 Å². The van der Waals surface area contributed by atoms with Crippen molar-refractivity contribution < 1.29 is 0 Å². The van der Waals surface area contributed by atoms with Crippen LogP contribution in [0.25, 0.3) is 10.8 Å². The summed E-state index contributed by atoms with van der Waals surface area (Å²) in [4.78, 5) is 0. The molecule has 16 heavy (non-hydrogen) atoms. The van der Waals surface area contributed by atoms with Crippen LogP contribution in [-0.4, -0.2) is 0 Å². The second-order valence-corrected chi connectivity index (χ2v) is 4.48. The molecule has 0 unspecified atom stereocenters. The van der Waals surface area contributed by atoms with Gasteiger partial charge in [-0.05, 0) is 47.2 Å².